The minimum atomic E-state index is -0.976. The lowest BCUT2D eigenvalue weighted by Gasteiger charge is -2.26. The van der Waals surface area contributed by atoms with Gasteiger partial charge in [-0.25, -0.2) is 4.79 Å². The average molecular weight is 229 g/mol. The van der Waals surface area contributed by atoms with E-state index in [4.69, 9.17) is 9.84 Å². The van der Waals surface area contributed by atoms with Gasteiger partial charge in [-0.1, -0.05) is 0 Å². The molecule has 1 aliphatic heterocycles. The SMILES string of the molecule is CC(C(=O)O)N(C)C(=O)CC1CCCOC1. The van der Waals surface area contributed by atoms with Crippen molar-refractivity contribution in [3.63, 3.8) is 0 Å². The first-order chi connectivity index (χ1) is 7.52. The fourth-order valence-corrected chi connectivity index (χ4v) is 1.74. The van der Waals surface area contributed by atoms with Crippen molar-refractivity contribution in [2.45, 2.75) is 32.2 Å². The van der Waals surface area contributed by atoms with Crippen LogP contribution in [-0.4, -0.2) is 48.2 Å². The van der Waals surface area contributed by atoms with Crippen molar-refractivity contribution in [2.75, 3.05) is 20.3 Å². The summed E-state index contributed by atoms with van der Waals surface area (Å²) in [5, 5.41) is 8.79. The Balaban J connectivity index is 2.41. The molecule has 0 aliphatic carbocycles. The van der Waals surface area contributed by atoms with Gasteiger partial charge in [0.1, 0.15) is 6.04 Å². The van der Waals surface area contributed by atoms with E-state index in [2.05, 4.69) is 0 Å². The highest BCUT2D eigenvalue weighted by Gasteiger charge is 2.25. The molecule has 5 nitrogen and oxygen atoms in total. The van der Waals surface area contributed by atoms with Crippen LogP contribution in [0.15, 0.2) is 0 Å². The molecule has 0 aromatic rings. The Morgan fingerprint density at radius 1 is 1.56 bits per heavy atom. The summed E-state index contributed by atoms with van der Waals surface area (Å²) in [6.45, 7) is 2.89. The summed E-state index contributed by atoms with van der Waals surface area (Å²) in [5.41, 5.74) is 0. The molecule has 5 heteroatoms. The van der Waals surface area contributed by atoms with Gasteiger partial charge in [-0.15, -0.1) is 0 Å². The third-order valence-electron chi connectivity index (χ3n) is 3.05. The van der Waals surface area contributed by atoms with Gasteiger partial charge < -0.3 is 14.7 Å². The second-order valence-electron chi connectivity index (χ2n) is 4.31. The van der Waals surface area contributed by atoms with E-state index in [0.717, 1.165) is 19.4 Å². The van der Waals surface area contributed by atoms with Gasteiger partial charge in [-0.3, -0.25) is 4.79 Å². The maximum absolute atomic E-state index is 11.8. The minimum Gasteiger partial charge on any atom is -0.480 e. The molecule has 0 radical (unpaired) electrons. The summed E-state index contributed by atoms with van der Waals surface area (Å²) >= 11 is 0. The molecule has 1 amide bonds. The van der Waals surface area contributed by atoms with Crippen molar-refractivity contribution in [1.82, 2.24) is 4.90 Å². The van der Waals surface area contributed by atoms with Crippen LogP contribution in [0.4, 0.5) is 0 Å². The molecule has 0 saturated carbocycles. The summed E-state index contributed by atoms with van der Waals surface area (Å²) in [5.74, 6) is -0.856. The zero-order valence-corrected chi connectivity index (χ0v) is 9.81. The van der Waals surface area contributed by atoms with E-state index < -0.39 is 12.0 Å². The molecule has 1 N–H and O–H groups in total. The van der Waals surface area contributed by atoms with Crippen molar-refractivity contribution >= 4 is 11.9 Å². The van der Waals surface area contributed by atoms with Gasteiger partial charge in [-0.05, 0) is 25.7 Å². The van der Waals surface area contributed by atoms with E-state index >= 15 is 0 Å². The molecule has 1 heterocycles. The predicted molar refractivity (Wildman–Crippen MR) is 58.0 cm³/mol. The van der Waals surface area contributed by atoms with Crippen molar-refractivity contribution in [3.8, 4) is 0 Å². The number of carbonyl (C=O) groups excluding carboxylic acids is 1. The number of nitrogens with zero attached hydrogens (tertiary/aromatic N) is 1. The Morgan fingerprint density at radius 2 is 2.25 bits per heavy atom. The van der Waals surface area contributed by atoms with Crippen molar-refractivity contribution in [2.24, 2.45) is 5.92 Å². The van der Waals surface area contributed by atoms with Gasteiger partial charge in [0.05, 0.1) is 0 Å². The van der Waals surface area contributed by atoms with Crippen LogP contribution in [0.5, 0.6) is 0 Å². The second-order valence-corrected chi connectivity index (χ2v) is 4.31. The first-order valence-electron chi connectivity index (χ1n) is 5.58. The Hall–Kier alpha value is -1.10. The maximum atomic E-state index is 11.8. The molecule has 1 fully saturated rings. The molecule has 16 heavy (non-hydrogen) atoms. The van der Waals surface area contributed by atoms with Crippen LogP contribution in [0.25, 0.3) is 0 Å². The largest absolute Gasteiger partial charge is 0.480 e. The van der Waals surface area contributed by atoms with Crippen LogP contribution in [0.2, 0.25) is 0 Å². The first-order valence-corrected chi connectivity index (χ1v) is 5.58. The summed E-state index contributed by atoms with van der Waals surface area (Å²) in [6, 6.07) is -0.767. The van der Waals surface area contributed by atoms with Crippen LogP contribution in [0, 0.1) is 5.92 Å². The lowest BCUT2D eigenvalue weighted by atomic mass is 9.98. The highest BCUT2D eigenvalue weighted by molar-refractivity contribution is 5.83. The first kappa shape index (κ1) is 13.0. The van der Waals surface area contributed by atoms with Crippen LogP contribution >= 0.6 is 0 Å². The monoisotopic (exact) mass is 229 g/mol. The molecular formula is C11H19NO4. The van der Waals surface area contributed by atoms with E-state index in [1.807, 2.05) is 0 Å². The second kappa shape index (κ2) is 5.84. The molecule has 0 bridgehead atoms. The third kappa shape index (κ3) is 3.48. The normalized spacial score (nSPS) is 22.5. The molecule has 0 aromatic heterocycles. The molecule has 2 unspecified atom stereocenters. The number of hydrogen-bond acceptors (Lipinski definition) is 3. The van der Waals surface area contributed by atoms with Crippen molar-refractivity contribution < 1.29 is 19.4 Å². The van der Waals surface area contributed by atoms with Crippen molar-refractivity contribution in [3.05, 3.63) is 0 Å². The van der Waals surface area contributed by atoms with E-state index in [1.165, 1.54) is 18.9 Å². The number of carboxylic acid groups (broad SMARTS) is 1. The minimum absolute atomic E-state index is 0.120. The topological polar surface area (TPSA) is 66.8 Å². The lowest BCUT2D eigenvalue weighted by Crippen LogP contribution is -2.41. The molecule has 0 aromatic carbocycles. The molecule has 92 valence electrons. The number of carboxylic acids is 1. The Kier molecular flexibility index (Phi) is 4.73. The Labute approximate surface area is 95.4 Å². The highest BCUT2D eigenvalue weighted by Crippen LogP contribution is 2.18. The van der Waals surface area contributed by atoms with Gasteiger partial charge in [0, 0.05) is 26.7 Å². The fraction of sp³-hybridized carbons (Fsp3) is 0.818. The van der Waals surface area contributed by atoms with Crippen molar-refractivity contribution in [1.29, 1.82) is 0 Å². The molecule has 0 spiro atoms. The van der Waals surface area contributed by atoms with E-state index in [-0.39, 0.29) is 11.8 Å². The highest BCUT2D eigenvalue weighted by atomic mass is 16.5. The Morgan fingerprint density at radius 3 is 2.75 bits per heavy atom. The molecular weight excluding hydrogens is 210 g/mol. The number of hydrogen-bond donors (Lipinski definition) is 1. The average Bonchev–Trinajstić information content (AvgIpc) is 2.28. The van der Waals surface area contributed by atoms with Gasteiger partial charge in [0.15, 0.2) is 0 Å². The smallest absolute Gasteiger partial charge is 0.326 e. The van der Waals surface area contributed by atoms with E-state index in [1.54, 1.807) is 0 Å². The van der Waals surface area contributed by atoms with Crippen LogP contribution in [0.1, 0.15) is 26.2 Å². The third-order valence-corrected chi connectivity index (χ3v) is 3.05. The number of carbonyl (C=O) groups is 2. The molecule has 1 saturated heterocycles. The number of aliphatic carboxylic acids is 1. The zero-order valence-electron chi connectivity index (χ0n) is 9.81. The summed E-state index contributed by atoms with van der Waals surface area (Å²) in [6.07, 6.45) is 2.35. The number of likely N-dealkylation sites (N-methyl/N-ethyl adjacent to an activating group) is 1. The van der Waals surface area contributed by atoms with Crippen LogP contribution in [0.3, 0.4) is 0 Å². The molecule has 2 atom stereocenters. The van der Waals surface area contributed by atoms with E-state index in [0.29, 0.717) is 13.0 Å². The summed E-state index contributed by atoms with van der Waals surface area (Å²) in [4.78, 5) is 23.8. The number of rotatable bonds is 4. The van der Waals surface area contributed by atoms with Gasteiger partial charge in [0.2, 0.25) is 5.91 Å². The summed E-state index contributed by atoms with van der Waals surface area (Å²) in [7, 11) is 1.53. The number of ether oxygens (including phenoxy) is 1. The maximum Gasteiger partial charge on any atom is 0.326 e. The fourth-order valence-electron chi connectivity index (χ4n) is 1.74. The zero-order chi connectivity index (χ0) is 12.1. The van der Waals surface area contributed by atoms with Gasteiger partial charge in [0.25, 0.3) is 0 Å². The van der Waals surface area contributed by atoms with Crippen LogP contribution < -0.4 is 0 Å². The Bertz CT molecular complexity index is 261. The lowest BCUT2D eigenvalue weighted by molar-refractivity contribution is -0.148. The molecule has 1 aliphatic rings. The quantitative estimate of drug-likeness (QED) is 0.772. The molecule has 1 rings (SSSR count). The number of amides is 1. The summed E-state index contributed by atoms with van der Waals surface area (Å²) < 4.78 is 5.28. The van der Waals surface area contributed by atoms with E-state index in [9.17, 15) is 9.59 Å². The van der Waals surface area contributed by atoms with Gasteiger partial charge in [-0.2, -0.15) is 0 Å². The van der Waals surface area contributed by atoms with Crippen LogP contribution in [-0.2, 0) is 14.3 Å². The standard InChI is InChI=1S/C11H19NO4/c1-8(11(14)15)12(2)10(13)6-9-4-3-5-16-7-9/h8-9H,3-7H2,1-2H3,(H,14,15). The predicted octanol–water partition coefficient (Wildman–Crippen LogP) is 0.735. The van der Waals surface area contributed by atoms with Gasteiger partial charge >= 0.3 is 5.97 Å².